The van der Waals surface area contributed by atoms with E-state index >= 15 is 0 Å². The minimum absolute atomic E-state index is 0.0884. The highest BCUT2D eigenvalue weighted by molar-refractivity contribution is 7.80. The zero-order chi connectivity index (χ0) is 18.4. The van der Waals surface area contributed by atoms with Crippen LogP contribution in [-0.4, -0.2) is 49.3 Å². The zero-order valence-electron chi connectivity index (χ0n) is 14.4. The van der Waals surface area contributed by atoms with Crippen LogP contribution in [0.15, 0.2) is 48.5 Å². The molecule has 1 aliphatic rings. The summed E-state index contributed by atoms with van der Waals surface area (Å²) in [6.07, 6.45) is 0. The Morgan fingerprint density at radius 3 is 2.62 bits per heavy atom. The number of piperazine rings is 1. The molecular weight excluding hydrogens is 373 g/mol. The molecule has 0 amide bonds. The number of hydrogen-bond donors (Lipinski definition) is 2. The van der Waals surface area contributed by atoms with Gasteiger partial charge in [-0.05, 0) is 42.5 Å². The first-order valence-electron chi connectivity index (χ1n) is 8.64. The fourth-order valence-electron chi connectivity index (χ4n) is 2.88. The average Bonchev–Trinajstić information content (AvgIpc) is 2.66. The summed E-state index contributed by atoms with van der Waals surface area (Å²) in [5.41, 5.74) is 0.701. The maximum atomic E-state index is 13.2. The van der Waals surface area contributed by atoms with Gasteiger partial charge in [0.25, 0.3) is 0 Å². The first-order chi connectivity index (χ1) is 12.6. The second-order valence-electron chi connectivity index (χ2n) is 6.21. The van der Waals surface area contributed by atoms with Crippen molar-refractivity contribution in [2.75, 3.05) is 44.6 Å². The van der Waals surface area contributed by atoms with Gasteiger partial charge in [-0.3, -0.25) is 0 Å². The lowest BCUT2D eigenvalue weighted by Crippen LogP contribution is -3.15. The smallest absolute Gasteiger partial charge is 0.173 e. The van der Waals surface area contributed by atoms with Crippen LogP contribution < -0.4 is 15.0 Å². The van der Waals surface area contributed by atoms with Crippen LogP contribution >= 0.6 is 23.8 Å². The fourth-order valence-corrected chi connectivity index (χ4v) is 3.36. The summed E-state index contributed by atoms with van der Waals surface area (Å²) < 4.78 is 19.0. The maximum Gasteiger partial charge on any atom is 0.173 e. The van der Waals surface area contributed by atoms with E-state index in [1.165, 1.54) is 11.0 Å². The lowest BCUT2D eigenvalue weighted by molar-refractivity contribution is -0.903. The number of hydrogen-bond acceptors (Lipinski definition) is 2. The third-order valence-electron chi connectivity index (χ3n) is 4.40. The highest BCUT2D eigenvalue weighted by Gasteiger charge is 2.21. The summed E-state index contributed by atoms with van der Waals surface area (Å²) in [5.74, 6) is 0.479. The summed E-state index contributed by atoms with van der Waals surface area (Å²) >= 11 is 11.3. The molecule has 0 aliphatic carbocycles. The molecule has 0 unspecified atom stereocenters. The Balaban J connectivity index is 1.40. The van der Waals surface area contributed by atoms with E-state index in [0.29, 0.717) is 17.4 Å². The number of nitrogens with one attached hydrogen (secondary N) is 2. The number of nitrogens with zero attached hydrogens (tertiary/aromatic N) is 1. The van der Waals surface area contributed by atoms with E-state index in [4.69, 9.17) is 28.6 Å². The second kappa shape index (κ2) is 9.16. The van der Waals surface area contributed by atoms with Crippen LogP contribution in [0, 0.1) is 5.82 Å². The van der Waals surface area contributed by atoms with E-state index in [9.17, 15) is 4.39 Å². The van der Waals surface area contributed by atoms with Crippen molar-refractivity contribution in [2.45, 2.75) is 0 Å². The Kier molecular flexibility index (Phi) is 6.66. The van der Waals surface area contributed by atoms with Crippen LogP contribution in [0.1, 0.15) is 0 Å². The van der Waals surface area contributed by atoms with Crippen LogP contribution in [0.4, 0.5) is 10.1 Å². The van der Waals surface area contributed by atoms with E-state index < -0.39 is 5.82 Å². The van der Waals surface area contributed by atoms with Crippen molar-refractivity contribution in [1.29, 1.82) is 0 Å². The highest BCUT2D eigenvalue weighted by Crippen LogP contribution is 2.19. The van der Waals surface area contributed by atoms with Gasteiger partial charge >= 0.3 is 0 Å². The monoisotopic (exact) mass is 394 g/mol. The van der Waals surface area contributed by atoms with E-state index in [1.807, 2.05) is 30.3 Å². The molecule has 0 aromatic heterocycles. The average molecular weight is 395 g/mol. The van der Waals surface area contributed by atoms with Crippen LogP contribution in [0.25, 0.3) is 0 Å². The zero-order valence-corrected chi connectivity index (χ0v) is 16.0. The lowest BCUT2D eigenvalue weighted by atomic mass is 10.3. The van der Waals surface area contributed by atoms with Crippen LogP contribution in [0.3, 0.4) is 0 Å². The molecule has 7 heteroatoms. The van der Waals surface area contributed by atoms with Gasteiger partial charge in [0.2, 0.25) is 0 Å². The van der Waals surface area contributed by atoms with Gasteiger partial charge in [-0.25, -0.2) is 4.39 Å². The highest BCUT2D eigenvalue weighted by atomic mass is 35.5. The number of rotatable bonds is 5. The van der Waals surface area contributed by atoms with E-state index in [2.05, 4.69) is 10.2 Å². The van der Waals surface area contributed by atoms with Gasteiger partial charge in [-0.2, -0.15) is 0 Å². The van der Waals surface area contributed by atoms with Crippen molar-refractivity contribution in [3.8, 4) is 5.75 Å². The molecule has 1 aliphatic heterocycles. The van der Waals surface area contributed by atoms with Gasteiger partial charge in [-0.15, -0.1) is 0 Å². The standard InChI is InChI=1S/C19H21ClFN3OS/c20-17-14-15(6-7-18(17)21)22-19(26)24-10-8-23(9-11-24)12-13-25-16-4-2-1-3-5-16/h1-7,14H,8-13H2,(H,22,26)/p+1. The number of anilines is 1. The summed E-state index contributed by atoms with van der Waals surface area (Å²) in [6.45, 7) is 5.43. The number of halogens is 2. The molecule has 2 N–H and O–H groups in total. The van der Waals surface area contributed by atoms with E-state index in [1.54, 1.807) is 12.1 Å². The van der Waals surface area contributed by atoms with Crippen molar-refractivity contribution in [3.05, 3.63) is 59.4 Å². The topological polar surface area (TPSA) is 28.9 Å². The fraction of sp³-hybridized carbons (Fsp3) is 0.316. The van der Waals surface area contributed by atoms with Gasteiger partial charge in [0.05, 0.1) is 31.2 Å². The molecule has 0 bridgehead atoms. The molecule has 1 saturated heterocycles. The van der Waals surface area contributed by atoms with E-state index in [0.717, 1.165) is 38.5 Å². The van der Waals surface area contributed by atoms with E-state index in [-0.39, 0.29) is 5.02 Å². The molecule has 3 rings (SSSR count). The third kappa shape index (κ3) is 5.30. The first-order valence-corrected chi connectivity index (χ1v) is 9.43. The second-order valence-corrected chi connectivity index (χ2v) is 7.00. The van der Waals surface area contributed by atoms with Crippen molar-refractivity contribution in [3.63, 3.8) is 0 Å². The molecule has 2 aromatic carbocycles. The molecule has 0 atom stereocenters. The molecule has 2 aromatic rings. The van der Waals surface area contributed by atoms with Crippen LogP contribution in [0.5, 0.6) is 5.75 Å². The quantitative estimate of drug-likeness (QED) is 0.762. The van der Waals surface area contributed by atoms with Gasteiger partial charge in [-0.1, -0.05) is 29.8 Å². The van der Waals surface area contributed by atoms with Crippen LogP contribution in [-0.2, 0) is 0 Å². The van der Waals surface area contributed by atoms with Crippen LogP contribution in [0.2, 0.25) is 5.02 Å². The van der Waals surface area contributed by atoms with Gasteiger partial charge in [0, 0.05) is 5.69 Å². The molecule has 0 saturated carbocycles. The third-order valence-corrected chi connectivity index (χ3v) is 5.05. The lowest BCUT2D eigenvalue weighted by Gasteiger charge is -2.33. The van der Waals surface area contributed by atoms with Crippen molar-refractivity contribution in [1.82, 2.24) is 4.90 Å². The SMILES string of the molecule is Fc1ccc(NC(=S)N2CC[NH+](CCOc3ccccc3)CC2)cc1Cl. The Hall–Kier alpha value is -1.89. The Morgan fingerprint density at radius 2 is 1.92 bits per heavy atom. The molecule has 0 spiro atoms. The largest absolute Gasteiger partial charge is 0.488 e. The number of thiocarbonyl (C=S) groups is 1. The van der Waals surface area contributed by atoms with Crippen molar-refractivity contribution in [2.24, 2.45) is 0 Å². The summed E-state index contributed by atoms with van der Waals surface area (Å²) in [4.78, 5) is 3.64. The molecule has 1 fully saturated rings. The predicted molar refractivity (Wildman–Crippen MR) is 107 cm³/mol. The van der Waals surface area contributed by atoms with Gasteiger partial charge in [0.15, 0.2) is 5.11 Å². The van der Waals surface area contributed by atoms with Gasteiger partial charge in [0.1, 0.15) is 24.7 Å². The summed E-state index contributed by atoms with van der Waals surface area (Å²) in [7, 11) is 0. The number of para-hydroxylation sites is 1. The predicted octanol–water partition coefficient (Wildman–Crippen LogP) is 2.46. The number of benzene rings is 2. The molecule has 138 valence electrons. The van der Waals surface area contributed by atoms with Crippen molar-refractivity contribution < 1.29 is 14.0 Å². The van der Waals surface area contributed by atoms with Crippen molar-refractivity contribution >= 4 is 34.6 Å². The normalized spacial score (nSPS) is 14.9. The molecule has 0 radical (unpaired) electrons. The Labute approximate surface area is 163 Å². The minimum Gasteiger partial charge on any atom is -0.488 e. The van der Waals surface area contributed by atoms with Gasteiger partial charge < -0.3 is 19.9 Å². The molecule has 1 heterocycles. The summed E-state index contributed by atoms with van der Waals surface area (Å²) in [6, 6.07) is 14.4. The Bertz CT molecular complexity index is 739. The summed E-state index contributed by atoms with van der Waals surface area (Å²) in [5, 5.41) is 3.87. The molecular formula is C19H22ClFN3OS+. The maximum absolute atomic E-state index is 13.2. The molecule has 26 heavy (non-hydrogen) atoms. The minimum atomic E-state index is -0.432. The Morgan fingerprint density at radius 1 is 1.19 bits per heavy atom. The molecule has 4 nitrogen and oxygen atoms in total. The number of ether oxygens (including phenoxy) is 1. The number of quaternary nitrogens is 1. The first kappa shape index (κ1) is 18.9.